The van der Waals surface area contributed by atoms with Crippen LogP contribution in [-0.4, -0.2) is 30.3 Å². The van der Waals surface area contributed by atoms with Crippen LogP contribution < -0.4 is 14.4 Å². The predicted octanol–water partition coefficient (Wildman–Crippen LogP) is 4.65. The largest absolute Gasteiger partial charge is 0.486 e. The summed E-state index contributed by atoms with van der Waals surface area (Å²) in [4.78, 5) is 20.3. The molecule has 0 saturated carbocycles. The first-order valence-electron chi connectivity index (χ1n) is 9.30. The average Bonchev–Trinajstić information content (AvgIpc) is 2.96. The Morgan fingerprint density at radius 2 is 1.86 bits per heavy atom. The molecule has 1 amide bonds. The molecule has 28 heavy (non-hydrogen) atoms. The molecule has 1 fully saturated rings. The van der Waals surface area contributed by atoms with E-state index in [0.29, 0.717) is 29.0 Å². The number of rotatable bonds is 3. The molecule has 0 bridgehead atoms. The van der Waals surface area contributed by atoms with Gasteiger partial charge in [0.2, 0.25) is 0 Å². The number of nitrogens with zero attached hydrogens (tertiary/aromatic N) is 2. The maximum atomic E-state index is 13.2. The van der Waals surface area contributed by atoms with Crippen LogP contribution in [0.2, 0.25) is 0 Å². The van der Waals surface area contributed by atoms with Crippen molar-refractivity contribution in [3.05, 3.63) is 58.5 Å². The molecule has 5 nitrogen and oxygen atoms in total. The van der Waals surface area contributed by atoms with Gasteiger partial charge in [-0.3, -0.25) is 14.7 Å². The van der Waals surface area contributed by atoms with Gasteiger partial charge in [-0.15, -0.1) is 0 Å². The van der Waals surface area contributed by atoms with Crippen molar-refractivity contribution < 1.29 is 14.3 Å². The maximum Gasteiger partial charge on any atom is 0.271 e. The fraction of sp³-hybridized carbons (Fsp3) is 0.273. The fourth-order valence-electron chi connectivity index (χ4n) is 3.11. The van der Waals surface area contributed by atoms with E-state index in [1.807, 2.05) is 69.3 Å². The minimum absolute atomic E-state index is 0.0615. The van der Waals surface area contributed by atoms with Crippen molar-refractivity contribution in [2.45, 2.75) is 26.8 Å². The number of benzene rings is 2. The Morgan fingerprint density at radius 3 is 2.61 bits per heavy atom. The first kappa shape index (κ1) is 18.6. The zero-order valence-corrected chi connectivity index (χ0v) is 17.0. The van der Waals surface area contributed by atoms with Crippen molar-refractivity contribution in [1.82, 2.24) is 0 Å². The van der Waals surface area contributed by atoms with Crippen LogP contribution in [0.5, 0.6) is 11.5 Å². The Kier molecular flexibility index (Phi) is 5.13. The van der Waals surface area contributed by atoms with Crippen LogP contribution in [-0.2, 0) is 4.79 Å². The molecule has 2 aliphatic heterocycles. The minimum Gasteiger partial charge on any atom is -0.486 e. The Balaban J connectivity index is 1.72. The summed E-state index contributed by atoms with van der Waals surface area (Å²) in [5.41, 5.74) is 2.80. The second-order valence-electron chi connectivity index (χ2n) is 6.95. The van der Waals surface area contributed by atoms with Gasteiger partial charge in [0.15, 0.2) is 16.7 Å². The minimum atomic E-state index is -0.0615. The third-order valence-corrected chi connectivity index (χ3v) is 5.38. The highest BCUT2D eigenvalue weighted by atomic mass is 32.2. The molecule has 144 valence electrons. The molecular formula is C22H22N2O3S. The smallest absolute Gasteiger partial charge is 0.271 e. The van der Waals surface area contributed by atoms with Crippen molar-refractivity contribution in [2.75, 3.05) is 18.1 Å². The first-order chi connectivity index (χ1) is 13.5. The summed E-state index contributed by atoms with van der Waals surface area (Å²) in [5, 5.41) is 0.707. The molecule has 0 unspecified atom stereocenters. The summed E-state index contributed by atoms with van der Waals surface area (Å²) in [5.74, 6) is 1.39. The highest BCUT2D eigenvalue weighted by molar-refractivity contribution is 8.19. The van der Waals surface area contributed by atoms with Gasteiger partial charge in [0.25, 0.3) is 5.91 Å². The first-order valence-corrected chi connectivity index (χ1v) is 10.1. The van der Waals surface area contributed by atoms with Gasteiger partial charge < -0.3 is 9.47 Å². The number of hydrogen-bond donors (Lipinski definition) is 0. The van der Waals surface area contributed by atoms with E-state index >= 15 is 0 Å². The van der Waals surface area contributed by atoms with Gasteiger partial charge in [-0.05, 0) is 67.9 Å². The monoisotopic (exact) mass is 394 g/mol. The van der Waals surface area contributed by atoms with Crippen LogP contribution in [0.1, 0.15) is 25.0 Å². The van der Waals surface area contributed by atoms with Gasteiger partial charge in [-0.1, -0.05) is 24.3 Å². The number of fused-ring (bicyclic) bond motifs is 1. The summed E-state index contributed by atoms with van der Waals surface area (Å²) in [6.07, 6.45) is 1.89. The molecule has 0 radical (unpaired) electrons. The van der Waals surface area contributed by atoms with Gasteiger partial charge in [0, 0.05) is 6.04 Å². The fourth-order valence-corrected chi connectivity index (χ4v) is 4.22. The van der Waals surface area contributed by atoms with Gasteiger partial charge >= 0.3 is 0 Å². The average molecular weight is 394 g/mol. The number of thioether (sulfide) groups is 1. The Morgan fingerprint density at radius 1 is 1.11 bits per heavy atom. The molecule has 0 spiro atoms. The zero-order valence-electron chi connectivity index (χ0n) is 16.1. The number of anilines is 1. The Bertz CT molecular complexity index is 981. The van der Waals surface area contributed by atoms with E-state index in [9.17, 15) is 4.79 Å². The molecule has 0 aromatic heterocycles. The van der Waals surface area contributed by atoms with Crippen LogP contribution in [0.25, 0.3) is 6.08 Å². The van der Waals surface area contributed by atoms with Crippen molar-refractivity contribution in [1.29, 1.82) is 0 Å². The standard InChI is InChI=1S/C22H22N2O3S/c1-14(2)23-22-24(17-7-5-4-6-15(17)3)21(25)20(28-22)13-16-8-9-18-19(12-16)27-11-10-26-18/h4-9,12-14H,10-11H2,1-3H3/b20-13-,23-22-. The molecule has 2 aliphatic rings. The highest BCUT2D eigenvalue weighted by Gasteiger charge is 2.35. The molecule has 2 heterocycles. The summed E-state index contributed by atoms with van der Waals surface area (Å²) in [7, 11) is 0. The lowest BCUT2D eigenvalue weighted by atomic mass is 10.1. The molecule has 2 aromatic rings. The molecule has 6 heteroatoms. The number of carbonyl (C=O) groups excluding carboxylic acids is 1. The summed E-state index contributed by atoms with van der Waals surface area (Å²) in [6, 6.07) is 13.7. The lowest BCUT2D eigenvalue weighted by Crippen LogP contribution is -2.30. The van der Waals surface area contributed by atoms with Crippen LogP contribution >= 0.6 is 11.8 Å². The lowest BCUT2D eigenvalue weighted by molar-refractivity contribution is -0.113. The van der Waals surface area contributed by atoms with E-state index in [0.717, 1.165) is 22.6 Å². The van der Waals surface area contributed by atoms with Crippen LogP contribution in [0.15, 0.2) is 52.4 Å². The van der Waals surface area contributed by atoms with Gasteiger partial charge in [0.1, 0.15) is 13.2 Å². The molecule has 0 atom stereocenters. The number of amidine groups is 1. The van der Waals surface area contributed by atoms with E-state index in [1.165, 1.54) is 11.8 Å². The second kappa shape index (κ2) is 7.72. The third kappa shape index (κ3) is 3.64. The van der Waals surface area contributed by atoms with E-state index in [4.69, 9.17) is 9.47 Å². The molecule has 0 aliphatic carbocycles. The molecule has 4 rings (SSSR count). The van der Waals surface area contributed by atoms with Crippen molar-refractivity contribution in [2.24, 2.45) is 4.99 Å². The predicted molar refractivity (Wildman–Crippen MR) is 114 cm³/mol. The van der Waals surface area contributed by atoms with Crippen LogP contribution in [0, 0.1) is 6.92 Å². The number of aryl methyl sites for hydroxylation is 1. The number of carbonyl (C=O) groups is 1. The molecular weight excluding hydrogens is 372 g/mol. The number of para-hydroxylation sites is 1. The van der Waals surface area contributed by atoms with Crippen molar-refractivity contribution in [3.63, 3.8) is 0 Å². The summed E-state index contributed by atoms with van der Waals surface area (Å²) in [6.45, 7) is 7.12. The van der Waals surface area contributed by atoms with E-state index in [1.54, 1.807) is 4.90 Å². The number of amides is 1. The normalized spacial score (nSPS) is 19.1. The SMILES string of the molecule is Cc1ccccc1N1C(=O)/C(=C/c2ccc3c(c2)OCCO3)S/C1=N\C(C)C. The topological polar surface area (TPSA) is 51.1 Å². The molecule has 0 N–H and O–H groups in total. The maximum absolute atomic E-state index is 13.2. The van der Waals surface area contributed by atoms with E-state index < -0.39 is 0 Å². The van der Waals surface area contributed by atoms with Crippen molar-refractivity contribution in [3.8, 4) is 11.5 Å². The van der Waals surface area contributed by atoms with E-state index in [2.05, 4.69) is 4.99 Å². The number of aliphatic imine (C=N–C) groups is 1. The van der Waals surface area contributed by atoms with Gasteiger partial charge in [-0.2, -0.15) is 0 Å². The number of ether oxygens (including phenoxy) is 2. The summed E-state index contributed by atoms with van der Waals surface area (Å²) >= 11 is 1.41. The second-order valence-corrected chi connectivity index (χ2v) is 7.96. The Labute approximate surface area is 169 Å². The van der Waals surface area contributed by atoms with Crippen LogP contribution in [0.3, 0.4) is 0 Å². The lowest BCUT2D eigenvalue weighted by Gasteiger charge is -2.18. The van der Waals surface area contributed by atoms with Crippen molar-refractivity contribution >= 4 is 34.6 Å². The number of hydrogen-bond acceptors (Lipinski definition) is 5. The van der Waals surface area contributed by atoms with Crippen LogP contribution in [0.4, 0.5) is 5.69 Å². The third-order valence-electron chi connectivity index (χ3n) is 4.40. The quantitative estimate of drug-likeness (QED) is 0.711. The van der Waals surface area contributed by atoms with Gasteiger partial charge in [-0.25, -0.2) is 0 Å². The summed E-state index contributed by atoms with van der Waals surface area (Å²) < 4.78 is 11.2. The highest BCUT2D eigenvalue weighted by Crippen LogP contribution is 2.38. The molecule has 1 saturated heterocycles. The zero-order chi connectivity index (χ0) is 19.7. The molecule has 2 aromatic carbocycles. The van der Waals surface area contributed by atoms with Gasteiger partial charge in [0.05, 0.1) is 10.6 Å². The Hall–Kier alpha value is -2.73. The van der Waals surface area contributed by atoms with E-state index in [-0.39, 0.29) is 11.9 Å².